The average Bonchev–Trinajstić information content (AvgIpc) is 2.73. The van der Waals surface area contributed by atoms with Gasteiger partial charge >= 0.3 is 0 Å². The summed E-state index contributed by atoms with van der Waals surface area (Å²) in [6.45, 7) is 6.69. The monoisotopic (exact) mass is 348 g/mol. The zero-order valence-electron chi connectivity index (χ0n) is 14.4. The van der Waals surface area contributed by atoms with Crippen molar-refractivity contribution < 1.29 is 9.84 Å². The maximum atomic E-state index is 9.42. The lowest BCUT2D eigenvalue weighted by molar-refractivity contribution is 0.122. The van der Waals surface area contributed by atoms with E-state index < -0.39 is 0 Å². The van der Waals surface area contributed by atoms with Crippen molar-refractivity contribution >= 4 is 22.9 Å². The van der Waals surface area contributed by atoms with E-state index >= 15 is 0 Å². The lowest BCUT2D eigenvalue weighted by atomic mass is 10.1. The van der Waals surface area contributed by atoms with Crippen molar-refractivity contribution in [2.45, 2.75) is 6.61 Å². The highest BCUT2D eigenvalue weighted by Crippen LogP contribution is 2.28. The number of rotatable bonds is 4. The Kier molecular flexibility index (Phi) is 4.60. The van der Waals surface area contributed by atoms with Crippen LogP contribution in [0.4, 0.5) is 5.82 Å². The van der Waals surface area contributed by atoms with E-state index in [-0.39, 0.29) is 6.61 Å². The molecular weight excluding hydrogens is 328 g/mol. The molecule has 1 saturated heterocycles. The summed E-state index contributed by atoms with van der Waals surface area (Å²) in [5.74, 6) is 1.44. The van der Waals surface area contributed by atoms with E-state index in [1.807, 2.05) is 30.3 Å². The smallest absolute Gasteiger partial charge is 0.162 e. The minimum atomic E-state index is -0.0140. The third-order valence-electron chi connectivity index (χ3n) is 4.45. The molecule has 0 saturated carbocycles. The molecule has 1 aliphatic rings. The minimum Gasteiger partial charge on any atom is -0.392 e. The van der Waals surface area contributed by atoms with Crippen molar-refractivity contribution in [3.05, 3.63) is 54.2 Å². The molecule has 132 valence electrons. The standard InChI is InChI=1S/C20H20N4O2/c1-2-14-11-17-18(21-12-14)20(24-6-8-26-9-7-24)23-19(22-17)16-5-3-4-15(10-16)13-25/h2-5,10-12,25H,1,6-9,13H2. The van der Waals surface area contributed by atoms with Crippen molar-refractivity contribution in [3.8, 4) is 11.4 Å². The van der Waals surface area contributed by atoms with Crippen molar-refractivity contribution in [2.75, 3.05) is 31.2 Å². The SMILES string of the molecule is C=Cc1cnc2c(N3CCOCC3)nc(-c3cccc(CO)c3)nc2c1. The van der Waals surface area contributed by atoms with Crippen LogP contribution in [0.2, 0.25) is 0 Å². The third-order valence-corrected chi connectivity index (χ3v) is 4.45. The van der Waals surface area contributed by atoms with Crippen LogP contribution in [0.25, 0.3) is 28.5 Å². The fourth-order valence-electron chi connectivity index (χ4n) is 3.06. The van der Waals surface area contributed by atoms with Crippen molar-refractivity contribution in [2.24, 2.45) is 0 Å². The number of aliphatic hydroxyl groups excluding tert-OH is 1. The maximum Gasteiger partial charge on any atom is 0.162 e. The van der Waals surface area contributed by atoms with E-state index in [4.69, 9.17) is 14.7 Å². The molecule has 0 spiro atoms. The molecule has 0 aliphatic carbocycles. The van der Waals surface area contributed by atoms with Gasteiger partial charge in [-0.05, 0) is 23.3 Å². The van der Waals surface area contributed by atoms with E-state index in [0.29, 0.717) is 19.0 Å². The Labute approximate surface area is 151 Å². The molecule has 0 amide bonds. The summed E-state index contributed by atoms with van der Waals surface area (Å²) in [5, 5.41) is 9.42. The second-order valence-electron chi connectivity index (χ2n) is 6.17. The summed E-state index contributed by atoms with van der Waals surface area (Å²) in [6, 6.07) is 9.62. The number of aliphatic hydroxyl groups is 1. The zero-order valence-corrected chi connectivity index (χ0v) is 14.4. The van der Waals surface area contributed by atoms with Gasteiger partial charge in [-0.25, -0.2) is 9.97 Å². The Morgan fingerprint density at radius 2 is 2.04 bits per heavy atom. The fraction of sp³-hybridized carbons (Fsp3) is 0.250. The number of pyridine rings is 1. The lowest BCUT2D eigenvalue weighted by Gasteiger charge is -2.28. The molecule has 0 atom stereocenters. The Morgan fingerprint density at radius 3 is 2.81 bits per heavy atom. The molecular formula is C20H20N4O2. The molecule has 2 aromatic heterocycles. The lowest BCUT2D eigenvalue weighted by Crippen LogP contribution is -2.37. The summed E-state index contributed by atoms with van der Waals surface area (Å²) >= 11 is 0. The highest BCUT2D eigenvalue weighted by Gasteiger charge is 2.19. The summed E-state index contributed by atoms with van der Waals surface area (Å²) < 4.78 is 5.47. The van der Waals surface area contributed by atoms with Crippen LogP contribution in [-0.4, -0.2) is 46.4 Å². The number of nitrogens with zero attached hydrogens (tertiary/aromatic N) is 4. The summed E-state index contributed by atoms with van der Waals surface area (Å²) in [7, 11) is 0. The van der Waals surface area contributed by atoms with Crippen molar-refractivity contribution in [1.82, 2.24) is 15.0 Å². The van der Waals surface area contributed by atoms with Crippen LogP contribution < -0.4 is 4.90 Å². The maximum absolute atomic E-state index is 9.42. The zero-order chi connectivity index (χ0) is 17.9. The van der Waals surface area contributed by atoms with Crippen LogP contribution in [-0.2, 0) is 11.3 Å². The van der Waals surface area contributed by atoms with Gasteiger partial charge in [0.15, 0.2) is 11.6 Å². The quantitative estimate of drug-likeness (QED) is 0.782. The first-order chi connectivity index (χ1) is 12.8. The third kappa shape index (κ3) is 3.16. The summed E-state index contributed by atoms with van der Waals surface area (Å²) in [6.07, 6.45) is 3.55. The van der Waals surface area contributed by atoms with Gasteiger partial charge in [0, 0.05) is 24.8 Å². The van der Waals surface area contributed by atoms with Crippen LogP contribution >= 0.6 is 0 Å². The number of anilines is 1. The van der Waals surface area contributed by atoms with Gasteiger partial charge in [0.25, 0.3) is 0 Å². The van der Waals surface area contributed by atoms with E-state index in [2.05, 4.69) is 16.5 Å². The van der Waals surface area contributed by atoms with Crippen LogP contribution in [0.15, 0.2) is 43.1 Å². The number of hydrogen-bond donors (Lipinski definition) is 1. The molecule has 0 unspecified atom stereocenters. The molecule has 0 bridgehead atoms. The highest BCUT2D eigenvalue weighted by atomic mass is 16.5. The number of ether oxygens (including phenoxy) is 1. The molecule has 3 aromatic rings. The van der Waals surface area contributed by atoms with Crippen molar-refractivity contribution in [3.63, 3.8) is 0 Å². The number of morpholine rings is 1. The average molecular weight is 348 g/mol. The number of hydrogen-bond acceptors (Lipinski definition) is 6. The number of fused-ring (bicyclic) bond motifs is 1. The van der Waals surface area contributed by atoms with Gasteiger partial charge in [-0.15, -0.1) is 0 Å². The van der Waals surface area contributed by atoms with Gasteiger partial charge in [0.05, 0.1) is 25.3 Å². The van der Waals surface area contributed by atoms with E-state index in [1.54, 1.807) is 12.3 Å². The molecule has 1 aromatic carbocycles. The predicted octanol–water partition coefficient (Wildman–Crippen LogP) is 2.66. The van der Waals surface area contributed by atoms with Crippen molar-refractivity contribution in [1.29, 1.82) is 0 Å². The highest BCUT2D eigenvalue weighted by molar-refractivity contribution is 5.88. The minimum absolute atomic E-state index is 0.0140. The van der Waals surface area contributed by atoms with E-state index in [9.17, 15) is 5.11 Å². The largest absolute Gasteiger partial charge is 0.392 e. The number of aromatic nitrogens is 3. The molecule has 4 rings (SSSR count). The van der Waals surface area contributed by atoms with Gasteiger partial charge in [0.1, 0.15) is 5.52 Å². The Balaban J connectivity index is 1.90. The first-order valence-corrected chi connectivity index (χ1v) is 8.61. The van der Waals surface area contributed by atoms with E-state index in [0.717, 1.165) is 46.6 Å². The second kappa shape index (κ2) is 7.19. The Bertz CT molecular complexity index is 952. The topological polar surface area (TPSA) is 71.4 Å². The van der Waals surface area contributed by atoms with Gasteiger partial charge in [-0.2, -0.15) is 0 Å². The first-order valence-electron chi connectivity index (χ1n) is 8.61. The van der Waals surface area contributed by atoms with Gasteiger partial charge < -0.3 is 14.7 Å². The predicted molar refractivity (Wildman–Crippen MR) is 102 cm³/mol. The molecule has 3 heterocycles. The normalized spacial score (nSPS) is 14.6. The molecule has 1 aliphatic heterocycles. The van der Waals surface area contributed by atoms with E-state index in [1.165, 1.54) is 0 Å². The number of benzene rings is 1. The molecule has 6 nitrogen and oxygen atoms in total. The second-order valence-corrected chi connectivity index (χ2v) is 6.17. The fourth-order valence-corrected chi connectivity index (χ4v) is 3.06. The Morgan fingerprint density at radius 1 is 1.19 bits per heavy atom. The Hall–Kier alpha value is -2.83. The molecule has 0 radical (unpaired) electrons. The van der Waals surface area contributed by atoms with Gasteiger partial charge in [0.2, 0.25) is 0 Å². The van der Waals surface area contributed by atoms with Crippen LogP contribution in [0, 0.1) is 0 Å². The van der Waals surface area contributed by atoms with Gasteiger partial charge in [-0.3, -0.25) is 4.98 Å². The molecule has 1 fully saturated rings. The summed E-state index contributed by atoms with van der Waals surface area (Å²) in [5.41, 5.74) is 4.18. The van der Waals surface area contributed by atoms with Crippen LogP contribution in [0.1, 0.15) is 11.1 Å². The van der Waals surface area contributed by atoms with Crippen LogP contribution in [0.5, 0.6) is 0 Å². The molecule has 1 N–H and O–H groups in total. The molecule has 6 heteroatoms. The van der Waals surface area contributed by atoms with Crippen LogP contribution in [0.3, 0.4) is 0 Å². The first kappa shape index (κ1) is 16.6. The summed E-state index contributed by atoms with van der Waals surface area (Å²) in [4.78, 5) is 16.3. The molecule has 26 heavy (non-hydrogen) atoms. The van der Waals surface area contributed by atoms with Gasteiger partial charge in [-0.1, -0.05) is 30.9 Å².